The van der Waals surface area contributed by atoms with Crippen LogP contribution in [-0.4, -0.2) is 12.1 Å². The SMILES string of the molecule is Cc1ccc(C(C)C)c(OCCCCC(C)(N)C#N)c1. The van der Waals surface area contributed by atoms with Crippen LogP contribution in [0.2, 0.25) is 0 Å². The first-order valence-corrected chi connectivity index (χ1v) is 7.29. The number of aryl methyl sites for hydroxylation is 1. The van der Waals surface area contributed by atoms with Gasteiger partial charge in [0.05, 0.1) is 12.7 Å². The molecule has 1 atom stereocenters. The minimum Gasteiger partial charge on any atom is -0.493 e. The number of rotatable bonds is 7. The van der Waals surface area contributed by atoms with Crippen molar-refractivity contribution < 1.29 is 4.74 Å². The van der Waals surface area contributed by atoms with Crippen molar-refractivity contribution in [1.82, 2.24) is 0 Å². The summed E-state index contributed by atoms with van der Waals surface area (Å²) in [6.07, 6.45) is 2.53. The zero-order valence-corrected chi connectivity index (χ0v) is 13.1. The topological polar surface area (TPSA) is 59.0 Å². The number of hydrogen-bond acceptors (Lipinski definition) is 3. The molecule has 1 aromatic rings. The fourth-order valence-electron chi connectivity index (χ4n) is 2.08. The third-order valence-corrected chi connectivity index (χ3v) is 3.39. The third kappa shape index (κ3) is 5.22. The third-order valence-electron chi connectivity index (χ3n) is 3.39. The Morgan fingerprint density at radius 1 is 1.35 bits per heavy atom. The second kappa shape index (κ2) is 7.31. The number of nitrogens with zero attached hydrogens (tertiary/aromatic N) is 1. The van der Waals surface area contributed by atoms with Crippen molar-refractivity contribution in [3.8, 4) is 11.8 Å². The summed E-state index contributed by atoms with van der Waals surface area (Å²) in [5, 5.41) is 8.85. The summed E-state index contributed by atoms with van der Waals surface area (Å²) in [7, 11) is 0. The highest BCUT2D eigenvalue weighted by atomic mass is 16.5. The molecule has 0 aromatic heterocycles. The van der Waals surface area contributed by atoms with Crippen LogP contribution in [0.1, 0.15) is 57.1 Å². The molecule has 1 rings (SSSR count). The molecular weight excluding hydrogens is 248 g/mol. The fraction of sp³-hybridized carbons (Fsp3) is 0.588. The Labute approximate surface area is 122 Å². The lowest BCUT2D eigenvalue weighted by molar-refractivity contribution is 0.297. The Hall–Kier alpha value is -1.53. The molecular formula is C17H26N2O. The van der Waals surface area contributed by atoms with Crippen molar-refractivity contribution in [3.05, 3.63) is 29.3 Å². The summed E-state index contributed by atoms with van der Waals surface area (Å²) in [5.41, 5.74) is 7.53. The Morgan fingerprint density at radius 3 is 2.65 bits per heavy atom. The van der Waals surface area contributed by atoms with Gasteiger partial charge in [0.15, 0.2) is 0 Å². The molecule has 0 aliphatic carbocycles. The van der Waals surface area contributed by atoms with E-state index >= 15 is 0 Å². The first kappa shape index (κ1) is 16.5. The highest BCUT2D eigenvalue weighted by molar-refractivity contribution is 5.39. The normalized spacial score (nSPS) is 13.8. The van der Waals surface area contributed by atoms with Gasteiger partial charge in [0.25, 0.3) is 0 Å². The van der Waals surface area contributed by atoms with E-state index < -0.39 is 5.54 Å². The van der Waals surface area contributed by atoms with E-state index in [9.17, 15) is 0 Å². The lowest BCUT2D eigenvalue weighted by atomic mass is 9.98. The van der Waals surface area contributed by atoms with Gasteiger partial charge in [-0.05, 0) is 56.2 Å². The predicted molar refractivity (Wildman–Crippen MR) is 82.8 cm³/mol. The Kier molecular flexibility index (Phi) is 6.04. The molecule has 3 nitrogen and oxygen atoms in total. The molecule has 0 saturated carbocycles. The maximum atomic E-state index is 8.85. The van der Waals surface area contributed by atoms with Gasteiger partial charge in [-0.25, -0.2) is 0 Å². The molecule has 0 fully saturated rings. The molecule has 0 spiro atoms. The van der Waals surface area contributed by atoms with Gasteiger partial charge in [-0.1, -0.05) is 26.0 Å². The maximum absolute atomic E-state index is 8.85. The second-order valence-electron chi connectivity index (χ2n) is 6.03. The number of nitriles is 1. The average Bonchev–Trinajstić information content (AvgIpc) is 2.38. The van der Waals surface area contributed by atoms with E-state index in [-0.39, 0.29) is 0 Å². The van der Waals surface area contributed by atoms with E-state index in [0.29, 0.717) is 18.9 Å². The first-order chi connectivity index (χ1) is 9.35. The Morgan fingerprint density at radius 2 is 2.05 bits per heavy atom. The van der Waals surface area contributed by atoms with Crippen LogP contribution < -0.4 is 10.5 Å². The Bertz CT molecular complexity index is 472. The lowest BCUT2D eigenvalue weighted by Crippen LogP contribution is -2.33. The highest BCUT2D eigenvalue weighted by Crippen LogP contribution is 2.27. The number of hydrogen-bond donors (Lipinski definition) is 1. The first-order valence-electron chi connectivity index (χ1n) is 7.29. The molecule has 0 bridgehead atoms. The summed E-state index contributed by atoms with van der Waals surface area (Å²) >= 11 is 0. The molecule has 0 heterocycles. The summed E-state index contributed by atoms with van der Waals surface area (Å²) in [6, 6.07) is 8.47. The molecule has 0 aliphatic rings. The number of unbranched alkanes of at least 4 members (excludes halogenated alkanes) is 1. The second-order valence-corrected chi connectivity index (χ2v) is 6.03. The van der Waals surface area contributed by atoms with Crippen molar-refractivity contribution in [2.24, 2.45) is 5.73 Å². The van der Waals surface area contributed by atoms with Gasteiger partial charge < -0.3 is 10.5 Å². The molecule has 0 saturated heterocycles. The molecule has 1 unspecified atom stereocenters. The van der Waals surface area contributed by atoms with Crippen LogP contribution in [0, 0.1) is 18.3 Å². The van der Waals surface area contributed by atoms with Gasteiger partial charge in [-0.15, -0.1) is 0 Å². The number of nitrogens with two attached hydrogens (primary N) is 1. The van der Waals surface area contributed by atoms with E-state index in [1.165, 1.54) is 11.1 Å². The standard InChI is InChI=1S/C17H26N2O/c1-13(2)15-8-7-14(3)11-16(15)20-10-6-5-9-17(4,19)12-18/h7-8,11,13H,5-6,9-10,19H2,1-4H3. The minimum absolute atomic E-state index is 0.455. The largest absolute Gasteiger partial charge is 0.493 e. The molecule has 3 heteroatoms. The molecule has 2 N–H and O–H groups in total. The van der Waals surface area contributed by atoms with Crippen LogP contribution in [0.4, 0.5) is 0 Å². The van der Waals surface area contributed by atoms with E-state index in [1.807, 2.05) is 0 Å². The van der Waals surface area contributed by atoms with Crippen molar-refractivity contribution in [3.63, 3.8) is 0 Å². The van der Waals surface area contributed by atoms with Crippen LogP contribution in [0.15, 0.2) is 18.2 Å². The fourth-order valence-corrected chi connectivity index (χ4v) is 2.08. The molecule has 0 aliphatic heterocycles. The number of ether oxygens (including phenoxy) is 1. The summed E-state index contributed by atoms with van der Waals surface area (Å²) < 4.78 is 5.90. The van der Waals surface area contributed by atoms with E-state index in [4.69, 9.17) is 15.7 Å². The van der Waals surface area contributed by atoms with Crippen molar-refractivity contribution in [2.75, 3.05) is 6.61 Å². The molecule has 20 heavy (non-hydrogen) atoms. The van der Waals surface area contributed by atoms with Gasteiger partial charge in [-0.2, -0.15) is 5.26 Å². The van der Waals surface area contributed by atoms with Crippen molar-refractivity contribution >= 4 is 0 Å². The summed E-state index contributed by atoms with van der Waals surface area (Å²) in [4.78, 5) is 0. The minimum atomic E-state index is -0.716. The average molecular weight is 274 g/mol. The van der Waals surface area contributed by atoms with Crippen LogP contribution >= 0.6 is 0 Å². The molecule has 110 valence electrons. The van der Waals surface area contributed by atoms with Gasteiger partial charge in [0.2, 0.25) is 0 Å². The van der Waals surface area contributed by atoms with Gasteiger partial charge in [-0.3, -0.25) is 0 Å². The van der Waals surface area contributed by atoms with Crippen LogP contribution in [-0.2, 0) is 0 Å². The monoisotopic (exact) mass is 274 g/mol. The molecule has 0 radical (unpaired) electrons. The quantitative estimate of drug-likeness (QED) is 0.767. The highest BCUT2D eigenvalue weighted by Gasteiger charge is 2.16. The predicted octanol–water partition coefficient (Wildman–Crippen LogP) is 3.91. The molecule has 0 amide bonds. The van der Waals surface area contributed by atoms with Gasteiger partial charge >= 0.3 is 0 Å². The smallest absolute Gasteiger partial charge is 0.122 e. The van der Waals surface area contributed by atoms with Crippen LogP contribution in [0.3, 0.4) is 0 Å². The van der Waals surface area contributed by atoms with E-state index in [1.54, 1.807) is 6.92 Å². The maximum Gasteiger partial charge on any atom is 0.122 e. The number of benzene rings is 1. The zero-order chi connectivity index (χ0) is 15.2. The van der Waals surface area contributed by atoms with Crippen molar-refractivity contribution in [1.29, 1.82) is 5.26 Å². The van der Waals surface area contributed by atoms with E-state index in [2.05, 4.69) is 45.0 Å². The van der Waals surface area contributed by atoms with Crippen LogP contribution in [0.5, 0.6) is 5.75 Å². The lowest BCUT2D eigenvalue weighted by Gasteiger charge is -2.16. The molecule has 1 aromatic carbocycles. The van der Waals surface area contributed by atoms with E-state index in [0.717, 1.165) is 18.6 Å². The van der Waals surface area contributed by atoms with Gasteiger partial charge in [0, 0.05) is 0 Å². The van der Waals surface area contributed by atoms with Crippen LogP contribution in [0.25, 0.3) is 0 Å². The summed E-state index contributed by atoms with van der Waals surface area (Å²) in [5.74, 6) is 1.44. The summed E-state index contributed by atoms with van der Waals surface area (Å²) in [6.45, 7) is 8.86. The Balaban J connectivity index is 2.46. The van der Waals surface area contributed by atoms with Crippen molar-refractivity contribution in [2.45, 2.75) is 58.4 Å². The van der Waals surface area contributed by atoms with Gasteiger partial charge in [0.1, 0.15) is 11.3 Å². The zero-order valence-electron chi connectivity index (χ0n) is 13.1.